The van der Waals surface area contributed by atoms with Gasteiger partial charge in [-0.15, -0.1) is 11.3 Å². The van der Waals surface area contributed by atoms with E-state index in [1.807, 2.05) is 0 Å². The lowest BCUT2D eigenvalue weighted by atomic mass is 10.0. The molecule has 3 aromatic rings. The van der Waals surface area contributed by atoms with Crippen LogP contribution in [0, 0.1) is 0 Å². The van der Waals surface area contributed by atoms with Crippen LogP contribution in [-0.4, -0.2) is 0 Å². The van der Waals surface area contributed by atoms with Crippen LogP contribution in [-0.2, 0) is 6.54 Å². The summed E-state index contributed by atoms with van der Waals surface area (Å²) >= 11 is 1.72. The van der Waals surface area contributed by atoms with Gasteiger partial charge in [0.15, 0.2) is 0 Å². The fourth-order valence-electron chi connectivity index (χ4n) is 2.11. The Bertz CT molecular complexity index is 655. The molecule has 0 fully saturated rings. The van der Waals surface area contributed by atoms with Gasteiger partial charge in [-0.3, -0.25) is 0 Å². The second kappa shape index (κ2) is 4.32. The van der Waals surface area contributed by atoms with E-state index in [9.17, 15) is 0 Å². The third-order valence-electron chi connectivity index (χ3n) is 2.99. The first-order valence-corrected chi connectivity index (χ1v) is 6.52. The van der Waals surface area contributed by atoms with Gasteiger partial charge in [0.05, 0.1) is 0 Å². The summed E-state index contributed by atoms with van der Waals surface area (Å²) in [5.74, 6) is 0. The molecule has 2 aromatic carbocycles. The van der Waals surface area contributed by atoms with Gasteiger partial charge in [0, 0.05) is 11.4 Å². The second-order valence-electron chi connectivity index (χ2n) is 4.02. The number of benzene rings is 2. The normalized spacial score (nSPS) is 10.9. The molecule has 84 valence electrons. The van der Waals surface area contributed by atoms with Crippen LogP contribution in [0.15, 0.2) is 53.9 Å². The van der Waals surface area contributed by atoms with Crippen LogP contribution >= 0.6 is 11.3 Å². The lowest BCUT2D eigenvalue weighted by Gasteiger charge is -2.04. The van der Waals surface area contributed by atoms with E-state index in [1.54, 1.807) is 11.3 Å². The van der Waals surface area contributed by atoms with Gasteiger partial charge in [0.25, 0.3) is 0 Å². The molecule has 0 saturated heterocycles. The van der Waals surface area contributed by atoms with Crippen LogP contribution in [0.2, 0.25) is 0 Å². The average Bonchev–Trinajstić information content (AvgIpc) is 2.86. The number of nitrogens with two attached hydrogens (primary N) is 1. The fourth-order valence-corrected chi connectivity index (χ4v) is 2.89. The summed E-state index contributed by atoms with van der Waals surface area (Å²) in [4.78, 5) is 1.25. The predicted molar refractivity (Wildman–Crippen MR) is 75.2 cm³/mol. The minimum atomic E-state index is 0.611. The molecule has 2 N–H and O–H groups in total. The van der Waals surface area contributed by atoms with Crippen molar-refractivity contribution in [3.63, 3.8) is 0 Å². The Kier molecular flexibility index (Phi) is 2.67. The molecule has 0 amide bonds. The average molecular weight is 239 g/mol. The molecule has 1 nitrogen and oxygen atoms in total. The summed E-state index contributed by atoms with van der Waals surface area (Å²) in [6.45, 7) is 0.611. The van der Waals surface area contributed by atoms with Crippen LogP contribution in [0.5, 0.6) is 0 Å². The van der Waals surface area contributed by atoms with Crippen molar-refractivity contribution in [1.82, 2.24) is 0 Å². The summed E-state index contributed by atoms with van der Waals surface area (Å²) in [6, 6.07) is 17.1. The van der Waals surface area contributed by atoms with Crippen molar-refractivity contribution >= 4 is 22.1 Å². The van der Waals surface area contributed by atoms with E-state index in [0.717, 1.165) is 0 Å². The highest BCUT2D eigenvalue weighted by atomic mass is 32.1. The molecular weight excluding hydrogens is 226 g/mol. The summed E-state index contributed by atoms with van der Waals surface area (Å²) in [7, 11) is 0. The SMILES string of the molecule is NCc1sccc1-c1ccc2ccccc2c1. The van der Waals surface area contributed by atoms with Crippen molar-refractivity contribution in [2.24, 2.45) is 5.73 Å². The molecule has 0 aliphatic heterocycles. The quantitative estimate of drug-likeness (QED) is 0.718. The maximum absolute atomic E-state index is 5.76. The van der Waals surface area contributed by atoms with Crippen LogP contribution in [0.1, 0.15) is 4.88 Å². The van der Waals surface area contributed by atoms with Gasteiger partial charge in [-0.1, -0.05) is 36.4 Å². The molecule has 0 unspecified atom stereocenters. The lowest BCUT2D eigenvalue weighted by molar-refractivity contribution is 1.11. The number of hydrogen-bond donors (Lipinski definition) is 1. The van der Waals surface area contributed by atoms with Gasteiger partial charge in [0.1, 0.15) is 0 Å². The molecule has 17 heavy (non-hydrogen) atoms. The van der Waals surface area contributed by atoms with Gasteiger partial charge in [-0.25, -0.2) is 0 Å². The van der Waals surface area contributed by atoms with Crippen LogP contribution in [0.3, 0.4) is 0 Å². The van der Waals surface area contributed by atoms with Crippen molar-refractivity contribution in [2.75, 3.05) is 0 Å². The molecule has 0 aliphatic carbocycles. The Hall–Kier alpha value is -1.64. The summed E-state index contributed by atoms with van der Waals surface area (Å²) < 4.78 is 0. The minimum absolute atomic E-state index is 0.611. The van der Waals surface area contributed by atoms with Gasteiger partial charge in [0.2, 0.25) is 0 Å². The molecule has 0 atom stereocenters. The van der Waals surface area contributed by atoms with Gasteiger partial charge in [-0.2, -0.15) is 0 Å². The minimum Gasteiger partial charge on any atom is -0.326 e. The van der Waals surface area contributed by atoms with Crippen molar-refractivity contribution in [3.05, 3.63) is 58.8 Å². The summed E-state index contributed by atoms with van der Waals surface area (Å²) in [5.41, 5.74) is 8.28. The predicted octanol–water partition coefficient (Wildman–Crippen LogP) is 4.03. The smallest absolute Gasteiger partial charge is 0.0280 e. The monoisotopic (exact) mass is 239 g/mol. The van der Waals surface area contributed by atoms with Crippen molar-refractivity contribution in [2.45, 2.75) is 6.54 Å². The van der Waals surface area contributed by atoms with Crippen molar-refractivity contribution in [1.29, 1.82) is 0 Å². The number of rotatable bonds is 2. The number of thiophene rings is 1. The van der Waals surface area contributed by atoms with E-state index < -0.39 is 0 Å². The zero-order valence-corrected chi connectivity index (χ0v) is 10.2. The molecule has 0 spiro atoms. The molecule has 0 bridgehead atoms. The highest BCUT2D eigenvalue weighted by Gasteiger charge is 2.05. The Morgan fingerprint density at radius 1 is 0.941 bits per heavy atom. The van der Waals surface area contributed by atoms with E-state index in [4.69, 9.17) is 5.73 Å². The van der Waals surface area contributed by atoms with Gasteiger partial charge < -0.3 is 5.73 Å². The standard InChI is InChI=1S/C15H13NS/c16-10-15-14(7-8-17-15)13-6-5-11-3-1-2-4-12(11)9-13/h1-9H,10,16H2. The van der Waals surface area contributed by atoms with Crippen molar-refractivity contribution in [3.8, 4) is 11.1 Å². The largest absolute Gasteiger partial charge is 0.326 e. The highest BCUT2D eigenvalue weighted by molar-refractivity contribution is 7.10. The van der Waals surface area contributed by atoms with Gasteiger partial charge >= 0.3 is 0 Å². The van der Waals surface area contributed by atoms with Crippen molar-refractivity contribution < 1.29 is 0 Å². The van der Waals surface area contributed by atoms with Gasteiger partial charge in [-0.05, 0) is 39.4 Å². The van der Waals surface area contributed by atoms with Crippen LogP contribution < -0.4 is 5.73 Å². The molecule has 0 saturated carbocycles. The molecular formula is C15H13NS. The summed E-state index contributed by atoms with van der Waals surface area (Å²) in [5, 5.41) is 4.66. The molecule has 3 rings (SSSR count). The first-order valence-electron chi connectivity index (χ1n) is 5.64. The highest BCUT2D eigenvalue weighted by Crippen LogP contribution is 2.30. The lowest BCUT2D eigenvalue weighted by Crippen LogP contribution is -1.94. The molecule has 1 aromatic heterocycles. The zero-order chi connectivity index (χ0) is 11.7. The topological polar surface area (TPSA) is 26.0 Å². The third-order valence-corrected chi connectivity index (χ3v) is 3.93. The molecule has 0 aliphatic rings. The molecule has 0 radical (unpaired) electrons. The third kappa shape index (κ3) is 1.86. The van der Waals surface area contributed by atoms with Crippen LogP contribution in [0.25, 0.3) is 21.9 Å². The van der Waals surface area contributed by atoms with E-state index in [1.165, 1.54) is 26.8 Å². The Morgan fingerprint density at radius 3 is 2.59 bits per heavy atom. The van der Waals surface area contributed by atoms with Crippen LogP contribution in [0.4, 0.5) is 0 Å². The first kappa shape index (κ1) is 10.5. The Labute approximate surface area is 105 Å². The summed E-state index contributed by atoms with van der Waals surface area (Å²) in [6.07, 6.45) is 0. The van der Waals surface area contributed by atoms with E-state index >= 15 is 0 Å². The Balaban J connectivity index is 2.18. The second-order valence-corrected chi connectivity index (χ2v) is 5.02. The zero-order valence-electron chi connectivity index (χ0n) is 9.39. The Morgan fingerprint density at radius 2 is 1.76 bits per heavy atom. The maximum atomic E-state index is 5.76. The van der Waals surface area contributed by atoms with E-state index in [0.29, 0.717) is 6.54 Å². The molecule has 1 heterocycles. The van der Waals surface area contributed by atoms with E-state index in [2.05, 4.69) is 53.9 Å². The maximum Gasteiger partial charge on any atom is 0.0280 e. The fraction of sp³-hybridized carbons (Fsp3) is 0.0667. The number of hydrogen-bond acceptors (Lipinski definition) is 2. The molecule has 2 heteroatoms. The number of fused-ring (bicyclic) bond motifs is 1. The van der Waals surface area contributed by atoms with E-state index in [-0.39, 0.29) is 0 Å². The first-order chi connectivity index (χ1) is 8.38.